The van der Waals surface area contributed by atoms with Gasteiger partial charge in [-0.25, -0.2) is 4.39 Å². The molecule has 0 radical (unpaired) electrons. The summed E-state index contributed by atoms with van der Waals surface area (Å²) in [7, 11) is 1.94. The summed E-state index contributed by atoms with van der Waals surface area (Å²) in [5.74, 6) is -0.211. The third-order valence-electron chi connectivity index (χ3n) is 3.57. The molecule has 0 aliphatic carbocycles. The Morgan fingerprint density at radius 2 is 1.67 bits per heavy atom. The van der Waals surface area contributed by atoms with Crippen molar-refractivity contribution in [3.8, 4) is 0 Å². The molecule has 2 rings (SSSR count). The minimum atomic E-state index is -0.211. The van der Waals surface area contributed by atoms with Crippen molar-refractivity contribution < 1.29 is 4.39 Å². The van der Waals surface area contributed by atoms with Crippen molar-refractivity contribution in [2.45, 2.75) is 26.3 Å². The molecule has 0 saturated heterocycles. The lowest BCUT2D eigenvalue weighted by atomic mass is 9.96. The summed E-state index contributed by atoms with van der Waals surface area (Å²) in [6, 6.07) is 9.54. The number of aryl methyl sites for hydroxylation is 2. The fraction of sp³-hybridized carbons (Fsp3) is 0.294. The molecule has 0 bridgehead atoms. The van der Waals surface area contributed by atoms with Crippen molar-refractivity contribution in [1.29, 1.82) is 0 Å². The minimum Gasteiger partial charge on any atom is -0.313 e. The Balaban J connectivity index is 2.31. The quantitative estimate of drug-likeness (QED) is 0.699. The number of halogens is 3. The fourth-order valence-corrected chi connectivity index (χ4v) is 3.27. The van der Waals surface area contributed by atoms with Crippen LogP contribution in [-0.4, -0.2) is 7.05 Å². The summed E-state index contributed by atoms with van der Waals surface area (Å²) in [6.07, 6.45) is 0.743. The lowest BCUT2D eigenvalue weighted by Gasteiger charge is -2.19. The van der Waals surface area contributed by atoms with Crippen molar-refractivity contribution in [2.75, 3.05) is 7.05 Å². The van der Waals surface area contributed by atoms with Crippen molar-refractivity contribution in [2.24, 2.45) is 0 Å². The Labute approximate surface area is 142 Å². The van der Waals surface area contributed by atoms with Crippen LogP contribution in [0.3, 0.4) is 0 Å². The van der Waals surface area contributed by atoms with Gasteiger partial charge in [-0.05, 0) is 67.8 Å². The predicted octanol–water partition coefficient (Wildman–Crippen LogP) is 5.47. The zero-order valence-electron chi connectivity index (χ0n) is 12.3. The van der Waals surface area contributed by atoms with Gasteiger partial charge in [-0.3, -0.25) is 0 Å². The Hall–Kier alpha value is -0.710. The molecule has 0 spiro atoms. The number of nitrogens with one attached hydrogen (secondary N) is 1. The van der Waals surface area contributed by atoms with Crippen molar-refractivity contribution in [3.05, 3.63) is 67.3 Å². The standard InChI is InChI=1S/C17H18Br2FN/c1-10-4-13(5-11(2)17(10)19)16(21-3)8-12-6-14(18)9-15(20)7-12/h4-7,9,16,21H,8H2,1-3H3. The highest BCUT2D eigenvalue weighted by atomic mass is 79.9. The smallest absolute Gasteiger partial charge is 0.124 e. The van der Waals surface area contributed by atoms with Gasteiger partial charge in [0.1, 0.15) is 5.82 Å². The number of hydrogen-bond donors (Lipinski definition) is 1. The molecule has 2 aromatic rings. The minimum absolute atomic E-state index is 0.157. The van der Waals surface area contributed by atoms with E-state index < -0.39 is 0 Å². The van der Waals surface area contributed by atoms with Crippen LogP contribution in [0, 0.1) is 19.7 Å². The monoisotopic (exact) mass is 413 g/mol. The molecule has 1 unspecified atom stereocenters. The first-order valence-corrected chi connectivity index (χ1v) is 8.38. The molecular formula is C17H18Br2FN. The van der Waals surface area contributed by atoms with E-state index in [-0.39, 0.29) is 11.9 Å². The molecule has 0 saturated carbocycles. The molecular weight excluding hydrogens is 397 g/mol. The van der Waals surface area contributed by atoms with E-state index >= 15 is 0 Å². The van der Waals surface area contributed by atoms with Gasteiger partial charge in [0.15, 0.2) is 0 Å². The van der Waals surface area contributed by atoms with Crippen LogP contribution in [0.25, 0.3) is 0 Å². The molecule has 0 aromatic heterocycles. The normalized spacial score (nSPS) is 12.5. The summed E-state index contributed by atoms with van der Waals surface area (Å²) in [4.78, 5) is 0. The average molecular weight is 415 g/mol. The molecule has 112 valence electrons. The molecule has 0 fully saturated rings. The van der Waals surface area contributed by atoms with E-state index in [1.165, 1.54) is 22.8 Å². The maximum Gasteiger partial charge on any atom is 0.124 e. The second kappa shape index (κ2) is 7.03. The lowest BCUT2D eigenvalue weighted by molar-refractivity contribution is 0.583. The number of likely N-dealkylation sites (N-methyl/N-ethyl adjacent to an activating group) is 1. The van der Waals surface area contributed by atoms with Crippen molar-refractivity contribution >= 4 is 31.9 Å². The summed E-state index contributed by atoms with van der Waals surface area (Å²) >= 11 is 6.94. The van der Waals surface area contributed by atoms with Gasteiger partial charge in [0, 0.05) is 15.0 Å². The fourth-order valence-electron chi connectivity index (χ4n) is 2.53. The Kier molecular flexibility index (Phi) is 5.58. The van der Waals surface area contributed by atoms with E-state index in [0.29, 0.717) is 0 Å². The third kappa shape index (κ3) is 4.15. The highest BCUT2D eigenvalue weighted by Gasteiger charge is 2.13. The highest BCUT2D eigenvalue weighted by Crippen LogP contribution is 2.28. The lowest BCUT2D eigenvalue weighted by Crippen LogP contribution is -2.19. The van der Waals surface area contributed by atoms with Crippen LogP contribution in [0.5, 0.6) is 0 Å². The molecule has 1 nitrogen and oxygen atoms in total. The first-order chi connectivity index (χ1) is 9.90. The molecule has 1 atom stereocenters. The van der Waals surface area contributed by atoms with E-state index in [1.54, 1.807) is 6.07 Å². The van der Waals surface area contributed by atoms with Gasteiger partial charge in [-0.15, -0.1) is 0 Å². The zero-order valence-corrected chi connectivity index (χ0v) is 15.5. The Bertz CT molecular complexity index is 612. The van der Waals surface area contributed by atoms with Gasteiger partial charge in [-0.1, -0.05) is 44.0 Å². The van der Waals surface area contributed by atoms with E-state index in [2.05, 4.69) is 63.2 Å². The van der Waals surface area contributed by atoms with Crippen LogP contribution < -0.4 is 5.32 Å². The molecule has 0 aliphatic rings. The van der Waals surface area contributed by atoms with E-state index in [9.17, 15) is 4.39 Å². The topological polar surface area (TPSA) is 12.0 Å². The van der Waals surface area contributed by atoms with Crippen LogP contribution in [0.15, 0.2) is 39.3 Å². The van der Waals surface area contributed by atoms with Crippen LogP contribution >= 0.6 is 31.9 Å². The first-order valence-electron chi connectivity index (χ1n) is 6.79. The SMILES string of the molecule is CNC(Cc1cc(F)cc(Br)c1)c1cc(C)c(Br)c(C)c1. The maximum atomic E-state index is 13.5. The molecule has 1 N–H and O–H groups in total. The molecule has 0 amide bonds. The van der Waals surface area contributed by atoms with Crippen LogP contribution in [0.2, 0.25) is 0 Å². The molecule has 21 heavy (non-hydrogen) atoms. The molecule has 4 heteroatoms. The molecule has 2 aromatic carbocycles. The predicted molar refractivity (Wildman–Crippen MR) is 93.2 cm³/mol. The second-order valence-corrected chi connectivity index (χ2v) is 7.00. The third-order valence-corrected chi connectivity index (χ3v) is 5.28. The number of hydrogen-bond acceptors (Lipinski definition) is 1. The highest BCUT2D eigenvalue weighted by molar-refractivity contribution is 9.10. The second-order valence-electron chi connectivity index (χ2n) is 5.29. The van der Waals surface area contributed by atoms with E-state index in [1.807, 2.05) is 13.1 Å². The maximum absolute atomic E-state index is 13.5. The van der Waals surface area contributed by atoms with Crippen LogP contribution in [0.4, 0.5) is 4.39 Å². The number of benzene rings is 2. The van der Waals surface area contributed by atoms with E-state index in [0.717, 1.165) is 20.9 Å². The van der Waals surface area contributed by atoms with Gasteiger partial charge in [0.2, 0.25) is 0 Å². The van der Waals surface area contributed by atoms with Gasteiger partial charge >= 0.3 is 0 Å². The van der Waals surface area contributed by atoms with Gasteiger partial charge in [0.25, 0.3) is 0 Å². The van der Waals surface area contributed by atoms with Crippen LogP contribution in [-0.2, 0) is 6.42 Å². The van der Waals surface area contributed by atoms with Crippen LogP contribution in [0.1, 0.15) is 28.3 Å². The zero-order chi connectivity index (χ0) is 15.6. The van der Waals surface area contributed by atoms with Crippen molar-refractivity contribution in [3.63, 3.8) is 0 Å². The van der Waals surface area contributed by atoms with Gasteiger partial charge in [-0.2, -0.15) is 0 Å². The first kappa shape index (κ1) is 16.7. The summed E-state index contributed by atoms with van der Waals surface area (Å²) in [5.41, 5.74) is 4.62. The van der Waals surface area contributed by atoms with Gasteiger partial charge in [0.05, 0.1) is 0 Å². The van der Waals surface area contributed by atoms with Gasteiger partial charge < -0.3 is 5.32 Å². The summed E-state index contributed by atoms with van der Waals surface area (Å²) in [6.45, 7) is 4.18. The summed E-state index contributed by atoms with van der Waals surface area (Å²) < 4.78 is 15.4. The Morgan fingerprint density at radius 3 is 2.19 bits per heavy atom. The Morgan fingerprint density at radius 1 is 1.05 bits per heavy atom. The largest absolute Gasteiger partial charge is 0.313 e. The number of rotatable bonds is 4. The average Bonchev–Trinajstić information content (AvgIpc) is 2.40. The van der Waals surface area contributed by atoms with Crippen molar-refractivity contribution in [1.82, 2.24) is 5.32 Å². The van der Waals surface area contributed by atoms with E-state index in [4.69, 9.17) is 0 Å². The molecule has 0 aliphatic heterocycles. The summed E-state index contributed by atoms with van der Waals surface area (Å²) in [5, 5.41) is 3.33. The molecule has 0 heterocycles.